The summed E-state index contributed by atoms with van der Waals surface area (Å²) in [5, 5.41) is 9.11. The van der Waals surface area contributed by atoms with Gasteiger partial charge in [-0.3, -0.25) is 9.00 Å². The first-order chi connectivity index (χ1) is 10.1. The molecule has 2 unspecified atom stereocenters. The molecule has 21 heavy (non-hydrogen) atoms. The molecule has 110 valence electrons. The van der Waals surface area contributed by atoms with Crippen LogP contribution in [0.4, 0.5) is 4.39 Å². The monoisotopic (exact) mass is 305 g/mol. The second kappa shape index (κ2) is 5.69. The molecule has 0 aliphatic carbocycles. The van der Waals surface area contributed by atoms with Gasteiger partial charge in [-0.1, -0.05) is 6.42 Å². The Balaban J connectivity index is 1.83. The first-order valence-corrected chi connectivity index (χ1v) is 8.51. The van der Waals surface area contributed by atoms with Crippen molar-refractivity contribution in [3.05, 3.63) is 35.1 Å². The highest BCUT2D eigenvalue weighted by molar-refractivity contribution is 7.86. The molecule has 0 N–H and O–H groups in total. The molecule has 3 rings (SSSR count). The van der Waals surface area contributed by atoms with Crippen LogP contribution in [-0.4, -0.2) is 20.5 Å². The predicted octanol–water partition coefficient (Wildman–Crippen LogP) is 2.96. The molecule has 2 atom stereocenters. The summed E-state index contributed by atoms with van der Waals surface area (Å²) in [6, 6.07) is 5.72. The zero-order valence-corrected chi connectivity index (χ0v) is 12.4. The standard InChI is InChI=1S/C16H16FNO2S/c17-15-5-4-10(6-12(15)9-18)16(19)11-7-13-2-1-3-14(8-11)21(13)20/h4-6,11,13-14H,1-3,7-8H2. The molecular weight excluding hydrogens is 289 g/mol. The van der Waals surface area contributed by atoms with E-state index in [0.717, 1.165) is 19.3 Å². The SMILES string of the molecule is N#Cc1cc(C(=O)C2CC3CCCC(C2)S3=O)ccc1F. The minimum atomic E-state index is -0.804. The van der Waals surface area contributed by atoms with Gasteiger partial charge in [0.2, 0.25) is 0 Å². The van der Waals surface area contributed by atoms with Gasteiger partial charge in [0, 0.05) is 32.8 Å². The fourth-order valence-electron chi connectivity index (χ4n) is 3.45. The second-order valence-corrected chi connectivity index (χ2v) is 7.83. The van der Waals surface area contributed by atoms with E-state index in [1.165, 1.54) is 18.2 Å². The van der Waals surface area contributed by atoms with Crippen molar-refractivity contribution in [2.24, 2.45) is 5.92 Å². The third-order valence-electron chi connectivity index (χ3n) is 4.55. The topological polar surface area (TPSA) is 57.9 Å². The summed E-state index contributed by atoms with van der Waals surface area (Å²) >= 11 is 0. The maximum absolute atomic E-state index is 13.3. The van der Waals surface area contributed by atoms with Gasteiger partial charge in [-0.2, -0.15) is 5.26 Å². The Morgan fingerprint density at radius 2 is 1.95 bits per heavy atom. The van der Waals surface area contributed by atoms with E-state index in [1.807, 2.05) is 0 Å². The number of benzene rings is 1. The van der Waals surface area contributed by atoms with E-state index < -0.39 is 16.6 Å². The van der Waals surface area contributed by atoms with Crippen molar-refractivity contribution in [2.75, 3.05) is 0 Å². The lowest BCUT2D eigenvalue weighted by Gasteiger charge is -2.37. The van der Waals surface area contributed by atoms with Crippen LogP contribution in [0.15, 0.2) is 18.2 Å². The Morgan fingerprint density at radius 3 is 2.57 bits per heavy atom. The van der Waals surface area contributed by atoms with Crippen molar-refractivity contribution in [1.29, 1.82) is 5.26 Å². The summed E-state index contributed by atoms with van der Waals surface area (Å²) in [5.41, 5.74) is 0.295. The van der Waals surface area contributed by atoms with E-state index in [4.69, 9.17) is 5.26 Å². The average Bonchev–Trinajstić information content (AvgIpc) is 2.47. The Kier molecular flexibility index (Phi) is 3.90. The van der Waals surface area contributed by atoms with E-state index in [2.05, 4.69) is 0 Å². The van der Waals surface area contributed by atoms with Crippen molar-refractivity contribution >= 4 is 16.6 Å². The molecule has 0 amide bonds. The van der Waals surface area contributed by atoms with Crippen LogP contribution in [0.25, 0.3) is 0 Å². The number of rotatable bonds is 2. The van der Waals surface area contributed by atoms with Crippen LogP contribution in [0, 0.1) is 23.1 Å². The van der Waals surface area contributed by atoms with Crippen LogP contribution in [0.2, 0.25) is 0 Å². The molecule has 5 heteroatoms. The van der Waals surface area contributed by atoms with E-state index in [-0.39, 0.29) is 27.8 Å². The highest BCUT2D eigenvalue weighted by Gasteiger charge is 2.40. The summed E-state index contributed by atoms with van der Waals surface area (Å²) in [7, 11) is -0.804. The Bertz CT molecular complexity index is 636. The number of nitrogens with zero attached hydrogens (tertiary/aromatic N) is 1. The first-order valence-electron chi connectivity index (χ1n) is 7.23. The van der Waals surface area contributed by atoms with Crippen molar-refractivity contribution in [1.82, 2.24) is 0 Å². The molecule has 0 spiro atoms. The lowest BCUT2D eigenvalue weighted by molar-refractivity contribution is 0.0895. The van der Waals surface area contributed by atoms with Crippen LogP contribution in [-0.2, 0) is 10.8 Å². The molecule has 1 aromatic rings. The minimum absolute atomic E-state index is 0.0416. The molecule has 2 aliphatic heterocycles. The highest BCUT2D eigenvalue weighted by Crippen LogP contribution is 2.38. The number of halogens is 1. The predicted molar refractivity (Wildman–Crippen MR) is 77.7 cm³/mol. The van der Waals surface area contributed by atoms with E-state index in [0.29, 0.717) is 18.4 Å². The van der Waals surface area contributed by atoms with Crippen LogP contribution in [0.3, 0.4) is 0 Å². The normalized spacial score (nSPS) is 31.4. The molecule has 1 aromatic carbocycles. The largest absolute Gasteiger partial charge is 0.294 e. The van der Waals surface area contributed by atoms with Crippen LogP contribution in [0.1, 0.15) is 48.0 Å². The van der Waals surface area contributed by atoms with Gasteiger partial charge in [0.05, 0.1) is 5.56 Å². The van der Waals surface area contributed by atoms with Crippen LogP contribution >= 0.6 is 0 Å². The molecule has 2 aliphatic rings. The van der Waals surface area contributed by atoms with Gasteiger partial charge in [0.15, 0.2) is 5.78 Å². The van der Waals surface area contributed by atoms with Crippen molar-refractivity contribution in [2.45, 2.75) is 42.6 Å². The highest BCUT2D eigenvalue weighted by atomic mass is 32.2. The van der Waals surface area contributed by atoms with Crippen LogP contribution < -0.4 is 0 Å². The number of ketones is 1. The lowest BCUT2D eigenvalue weighted by Crippen LogP contribution is -2.41. The van der Waals surface area contributed by atoms with Gasteiger partial charge >= 0.3 is 0 Å². The van der Waals surface area contributed by atoms with Crippen molar-refractivity contribution in [3.8, 4) is 6.07 Å². The van der Waals surface area contributed by atoms with E-state index in [1.54, 1.807) is 6.07 Å². The number of hydrogen-bond donors (Lipinski definition) is 0. The summed E-state index contributed by atoms with van der Waals surface area (Å²) < 4.78 is 25.5. The zero-order valence-electron chi connectivity index (χ0n) is 11.5. The average molecular weight is 305 g/mol. The first kappa shape index (κ1) is 14.4. The summed E-state index contributed by atoms with van der Waals surface area (Å²) in [6.07, 6.45) is 4.26. The maximum Gasteiger partial charge on any atom is 0.166 e. The Hall–Kier alpha value is -1.54. The van der Waals surface area contributed by atoms with E-state index in [9.17, 15) is 13.4 Å². The zero-order chi connectivity index (χ0) is 15.0. The number of carbonyl (C=O) groups excluding carboxylic acids is 1. The molecule has 3 nitrogen and oxygen atoms in total. The Labute approximate surface area is 125 Å². The Morgan fingerprint density at radius 1 is 1.29 bits per heavy atom. The van der Waals surface area contributed by atoms with Gasteiger partial charge in [-0.05, 0) is 43.9 Å². The smallest absolute Gasteiger partial charge is 0.166 e. The van der Waals surface area contributed by atoms with Gasteiger partial charge in [-0.15, -0.1) is 0 Å². The van der Waals surface area contributed by atoms with Crippen molar-refractivity contribution in [3.63, 3.8) is 0 Å². The molecule has 0 aromatic heterocycles. The number of nitriles is 1. The summed E-state index contributed by atoms with van der Waals surface area (Å²) in [6.45, 7) is 0. The molecule has 0 saturated carbocycles. The van der Waals surface area contributed by atoms with Crippen molar-refractivity contribution < 1.29 is 13.4 Å². The molecule has 2 saturated heterocycles. The van der Waals surface area contributed by atoms with Gasteiger partial charge < -0.3 is 0 Å². The quantitative estimate of drug-likeness (QED) is 0.789. The molecule has 2 heterocycles. The summed E-state index contributed by atoms with van der Waals surface area (Å²) in [4.78, 5) is 12.6. The second-order valence-electron chi connectivity index (χ2n) is 5.84. The van der Waals surface area contributed by atoms with Gasteiger partial charge in [0.25, 0.3) is 0 Å². The van der Waals surface area contributed by atoms with Gasteiger partial charge in [-0.25, -0.2) is 4.39 Å². The fraction of sp³-hybridized carbons (Fsp3) is 0.500. The molecule has 0 radical (unpaired) electrons. The lowest BCUT2D eigenvalue weighted by atomic mass is 9.84. The number of hydrogen-bond acceptors (Lipinski definition) is 3. The third kappa shape index (κ3) is 2.65. The van der Waals surface area contributed by atoms with Gasteiger partial charge in [0.1, 0.15) is 11.9 Å². The third-order valence-corrected chi connectivity index (χ3v) is 6.72. The minimum Gasteiger partial charge on any atom is -0.294 e. The summed E-state index contributed by atoms with van der Waals surface area (Å²) in [5.74, 6) is -0.786. The fourth-order valence-corrected chi connectivity index (χ4v) is 5.63. The number of Topliss-reactive ketones (excluding diaryl/α,β-unsaturated/α-hetero) is 1. The van der Waals surface area contributed by atoms with Crippen LogP contribution in [0.5, 0.6) is 0 Å². The van der Waals surface area contributed by atoms with E-state index >= 15 is 0 Å². The molecular formula is C16H16FNO2S. The molecule has 2 bridgehead atoms. The maximum atomic E-state index is 13.3. The number of carbonyl (C=O) groups is 1. The molecule has 2 fully saturated rings. The number of fused-ring (bicyclic) bond motifs is 2.